The van der Waals surface area contributed by atoms with E-state index < -0.39 is 18.1 Å². The first-order valence-corrected chi connectivity index (χ1v) is 47.5. The average Bonchev–Trinajstić information content (AvgIpc) is 1.50. The van der Waals surface area contributed by atoms with Gasteiger partial charge in [-0.15, -0.1) is 0 Å². The number of aliphatic hydroxyl groups excluding tert-OH is 3. The molecule has 0 bridgehead atoms. The maximum absolute atomic E-state index is 14.4. The van der Waals surface area contributed by atoms with Gasteiger partial charge < -0.3 is 69.4 Å². The number of aliphatic hydroxyl groups is 3. The van der Waals surface area contributed by atoms with Gasteiger partial charge >= 0.3 is 5.97 Å². The van der Waals surface area contributed by atoms with Gasteiger partial charge in [0.25, 0.3) is 41.4 Å². The van der Waals surface area contributed by atoms with E-state index in [1.165, 1.54) is 12.1 Å². The molecule has 3 aliphatic rings. The van der Waals surface area contributed by atoms with E-state index in [1.807, 2.05) is 157 Å². The van der Waals surface area contributed by atoms with Gasteiger partial charge in [0.15, 0.2) is 30.3 Å². The molecule has 3 atom stereocenters. The van der Waals surface area contributed by atoms with Crippen LogP contribution in [0.2, 0.25) is 0 Å². The van der Waals surface area contributed by atoms with E-state index in [1.54, 1.807) is 102 Å². The van der Waals surface area contributed by atoms with Crippen molar-refractivity contribution in [2.24, 2.45) is 0 Å². The SMILES string of the molecule is CCCCN(CCCC)C(=O)c1cc(C)n(-c2cc(OCC(=O)Nc3ccccc3)ccc2C(=O)N2Cc3ccccc3C[C@H]2CO)n1.CCCCN(CCCC)C(=O)c1cc(C)n(-c2cc(OCC(=O)OCc3ccccc3)ccc2C(=O)N2Cc3ccccc3C[C@H]2CO)n1.CCCCN(CCCC)C(=O)c1cc(C)n(-c2ccc(O)cc2C(=O)N2Cc3ccccc3C[C@H]2CO)n1. The summed E-state index contributed by atoms with van der Waals surface area (Å²) in [5.41, 5.74) is 13.2. The number of carbonyl (C=O) groups excluding carboxylic acids is 8. The lowest BCUT2D eigenvalue weighted by molar-refractivity contribution is -0.147. The predicted molar refractivity (Wildman–Crippen MR) is 519 cm³/mol. The van der Waals surface area contributed by atoms with Crippen molar-refractivity contribution < 1.29 is 73.0 Å². The minimum absolute atomic E-state index is 0.0403. The topological polar surface area (TPSA) is 330 Å². The van der Waals surface area contributed by atoms with Gasteiger partial charge in [0.1, 0.15) is 23.9 Å². The van der Waals surface area contributed by atoms with Crippen LogP contribution >= 0.6 is 0 Å². The molecule has 0 saturated carbocycles. The summed E-state index contributed by atoms with van der Waals surface area (Å²) in [5.74, 6) is -1.50. The van der Waals surface area contributed by atoms with Gasteiger partial charge in [0.2, 0.25) is 0 Å². The Hall–Kier alpha value is -13.6. The lowest BCUT2D eigenvalue weighted by atomic mass is 9.93. The fourth-order valence-corrected chi connectivity index (χ4v) is 17.0. The Kier molecular flexibility index (Phi) is 36.8. The van der Waals surface area contributed by atoms with E-state index in [0.717, 1.165) is 116 Å². The molecule has 0 spiro atoms. The number of phenolic OH excluding ortho intramolecular Hbond substituents is 1. The number of unbranched alkanes of at least 4 members (excludes halogenated alkanes) is 6. The van der Waals surface area contributed by atoms with Crippen LogP contribution in [0.5, 0.6) is 17.2 Å². The predicted octanol–water partition coefficient (Wildman–Crippen LogP) is 16.2. The van der Waals surface area contributed by atoms with E-state index >= 15 is 0 Å². The second-order valence-electron chi connectivity index (χ2n) is 34.7. The maximum Gasteiger partial charge on any atom is 0.344 e. The van der Waals surface area contributed by atoms with Crippen molar-refractivity contribution in [3.05, 3.63) is 296 Å². The summed E-state index contributed by atoms with van der Waals surface area (Å²) in [6.45, 7) is 22.2. The molecule has 0 unspecified atom stereocenters. The molecule has 8 aromatic carbocycles. The zero-order chi connectivity index (χ0) is 96.0. The number of esters is 1. The molecule has 0 radical (unpaired) electrons. The molecule has 712 valence electrons. The van der Waals surface area contributed by atoms with E-state index in [4.69, 9.17) is 24.4 Å². The highest BCUT2D eigenvalue weighted by molar-refractivity contribution is 6.01. The zero-order valence-corrected chi connectivity index (χ0v) is 79.2. The first kappa shape index (κ1) is 100. The van der Waals surface area contributed by atoms with Crippen molar-refractivity contribution in [2.75, 3.05) is 77.6 Å². The van der Waals surface area contributed by atoms with E-state index in [-0.39, 0.29) is 98.3 Å². The maximum atomic E-state index is 14.4. The lowest BCUT2D eigenvalue weighted by Crippen LogP contribution is -2.46. The van der Waals surface area contributed by atoms with Crippen LogP contribution in [0, 0.1) is 20.8 Å². The number of aryl methyl sites for hydroxylation is 3. The van der Waals surface area contributed by atoms with Crippen molar-refractivity contribution in [3.63, 3.8) is 0 Å². The van der Waals surface area contributed by atoms with Crippen molar-refractivity contribution in [3.8, 4) is 34.3 Å². The number of aromatic nitrogens is 6. The third kappa shape index (κ3) is 25.9. The number of amides is 7. The van der Waals surface area contributed by atoms with Gasteiger partial charge in [0, 0.05) is 93.8 Å². The molecule has 0 aliphatic carbocycles. The number of benzene rings is 8. The summed E-state index contributed by atoms with van der Waals surface area (Å²) in [5, 5.41) is 58.0. The number of hydrogen-bond acceptors (Lipinski definition) is 18. The highest BCUT2D eigenvalue weighted by atomic mass is 16.6. The van der Waals surface area contributed by atoms with Crippen LogP contribution in [0.15, 0.2) is 206 Å². The van der Waals surface area contributed by atoms with Crippen molar-refractivity contribution in [2.45, 2.75) is 203 Å². The van der Waals surface area contributed by atoms with Crippen LogP contribution in [0.25, 0.3) is 17.1 Å². The standard InChI is InChI=1S/C39H46N4O6.C38H45N5O5.C30H38N4O4/c1-4-6-19-41(20-7-5-2)39(47)35-21-28(3)43(40-35)36-23-33(48-27-37(45)49-26-29-13-9-8-10-14-29)17-18-34(36)38(46)42-24-31-16-12-11-15-30(31)22-32(42)25-44;1-4-6-19-41(20-7-5-2)38(47)34-21-27(3)43(40-34)35-23-32(48-26-36(45)39-30-15-9-8-10-16-30)17-18-33(35)37(46)42-24-29-14-12-11-13-28(29)22-31(42)25-44;1-4-6-14-32(15-7-5-2)30(38)27-16-21(3)34(31-27)28-13-12-25(36)18-26(28)29(37)33-19-23-11-9-8-10-22(23)17-24(33)20-35/h8-18,21,23,32,44H,4-7,19-20,22,24-27H2,1-3H3;8-18,21,23,31,44H,4-7,19-20,22,24-26H2,1-3H3,(H,39,45);8-13,16,18,24,35-36H,4-7,14-15,17,19-20H2,1-3H3/t32-;31-;24-/m000/s1. The first-order valence-electron chi connectivity index (χ1n) is 47.5. The van der Waals surface area contributed by atoms with Crippen molar-refractivity contribution in [1.29, 1.82) is 0 Å². The summed E-state index contributed by atoms with van der Waals surface area (Å²) in [6.07, 6.45) is 12.9. The minimum Gasteiger partial charge on any atom is -0.508 e. The number of fused-ring (bicyclic) bond motifs is 3. The minimum atomic E-state index is -0.536. The number of rotatable bonds is 39. The molecule has 14 rings (SSSR count). The fourth-order valence-electron chi connectivity index (χ4n) is 17.0. The van der Waals surface area contributed by atoms with Crippen molar-refractivity contribution in [1.82, 2.24) is 58.7 Å². The van der Waals surface area contributed by atoms with Gasteiger partial charge in [-0.05, 0) is 190 Å². The summed E-state index contributed by atoms with van der Waals surface area (Å²) >= 11 is 0. The molecule has 135 heavy (non-hydrogen) atoms. The van der Waals surface area contributed by atoms with Crippen LogP contribution in [-0.4, -0.2) is 217 Å². The van der Waals surface area contributed by atoms with Crippen LogP contribution < -0.4 is 14.8 Å². The number of para-hydroxylation sites is 1. The molecule has 28 nitrogen and oxygen atoms in total. The first-order chi connectivity index (χ1) is 65.5. The smallest absolute Gasteiger partial charge is 0.344 e. The van der Waals surface area contributed by atoms with Crippen LogP contribution in [-0.2, 0) is 59.8 Å². The Balaban J connectivity index is 0.000000184. The molecule has 3 aliphatic heterocycles. The number of anilines is 1. The van der Waals surface area contributed by atoms with Gasteiger partial charge in [-0.25, -0.2) is 18.8 Å². The summed E-state index contributed by atoms with van der Waals surface area (Å²) in [6, 6.07) is 60.9. The fraction of sp³-hybridized carbons (Fsp3) is 0.393. The number of nitrogens with zero attached hydrogens (tertiary/aromatic N) is 12. The Morgan fingerprint density at radius 3 is 1.07 bits per heavy atom. The van der Waals surface area contributed by atoms with Gasteiger partial charge in [-0.3, -0.25) is 33.6 Å². The number of carbonyl (C=O) groups is 8. The van der Waals surface area contributed by atoms with Gasteiger partial charge in [-0.1, -0.05) is 201 Å². The summed E-state index contributed by atoms with van der Waals surface area (Å²) < 4.78 is 21.9. The van der Waals surface area contributed by atoms with Crippen LogP contribution in [0.3, 0.4) is 0 Å². The largest absolute Gasteiger partial charge is 0.508 e. The molecule has 11 aromatic rings. The quantitative estimate of drug-likeness (QED) is 0.0223. The summed E-state index contributed by atoms with van der Waals surface area (Å²) in [4.78, 5) is 119. The molecule has 5 N–H and O–H groups in total. The van der Waals surface area contributed by atoms with E-state index in [0.29, 0.717) is 158 Å². The highest BCUT2D eigenvalue weighted by Gasteiger charge is 2.37. The molecule has 3 aromatic heterocycles. The lowest BCUT2D eigenvalue weighted by Gasteiger charge is -2.36. The number of nitrogens with one attached hydrogen (secondary N) is 1. The highest BCUT2D eigenvalue weighted by Crippen LogP contribution is 2.35. The third-order valence-corrected chi connectivity index (χ3v) is 24.7. The van der Waals surface area contributed by atoms with E-state index in [2.05, 4.69) is 52.0 Å². The molecule has 0 saturated heterocycles. The Labute approximate surface area is 791 Å². The molecular formula is C107H129N13O15. The van der Waals surface area contributed by atoms with Gasteiger partial charge in [-0.2, -0.15) is 15.3 Å². The second kappa shape index (κ2) is 49.4. The average molecular weight is 1840 g/mol. The molecule has 0 fully saturated rings. The summed E-state index contributed by atoms with van der Waals surface area (Å²) in [7, 11) is 0. The van der Waals surface area contributed by atoms with Gasteiger partial charge in [0.05, 0.1) is 71.7 Å². The normalized spacial score (nSPS) is 14.2. The van der Waals surface area contributed by atoms with E-state index in [9.17, 15) is 58.8 Å². The Morgan fingerprint density at radius 2 is 0.711 bits per heavy atom. The Morgan fingerprint density at radius 1 is 0.378 bits per heavy atom. The third-order valence-electron chi connectivity index (χ3n) is 24.7. The number of phenols is 1. The molecule has 6 heterocycles. The van der Waals surface area contributed by atoms with Crippen LogP contribution in [0.1, 0.15) is 237 Å². The number of hydrogen-bond donors (Lipinski definition) is 5. The number of ether oxygens (including phenoxy) is 3. The number of aromatic hydroxyl groups is 1. The molecule has 7 amide bonds. The Bertz CT molecular complexity index is 5830. The van der Waals surface area contributed by atoms with Crippen LogP contribution in [0.4, 0.5) is 5.69 Å². The zero-order valence-electron chi connectivity index (χ0n) is 79.2. The molecule has 28 heteroatoms. The van der Waals surface area contributed by atoms with Crippen molar-refractivity contribution >= 4 is 53.0 Å². The molecular weight excluding hydrogens is 1710 g/mol. The monoisotopic (exact) mass is 1840 g/mol. The second-order valence-corrected chi connectivity index (χ2v) is 34.7.